The highest BCUT2D eigenvalue weighted by molar-refractivity contribution is 7.21. The molecule has 2 N–H and O–H groups in total. The molecule has 0 amide bonds. The van der Waals surface area contributed by atoms with Crippen LogP contribution in [0.2, 0.25) is 0 Å². The minimum Gasteiger partial charge on any atom is -0.391 e. The third-order valence-corrected chi connectivity index (χ3v) is 8.94. The minimum absolute atomic E-state index is 0.00263. The van der Waals surface area contributed by atoms with E-state index in [2.05, 4.69) is 18.2 Å². The van der Waals surface area contributed by atoms with Crippen LogP contribution in [0.4, 0.5) is 30.7 Å². The lowest BCUT2D eigenvalue weighted by Gasteiger charge is -2.22. The molecule has 8 nitrogen and oxygen atoms in total. The molecular formula is C26H16N4O4S3. The lowest BCUT2D eigenvalue weighted by atomic mass is 9.96. The van der Waals surface area contributed by atoms with Gasteiger partial charge in [-0.1, -0.05) is 30.3 Å². The molecule has 0 fully saturated rings. The van der Waals surface area contributed by atoms with Gasteiger partial charge in [0.1, 0.15) is 10.0 Å². The molecule has 0 unspecified atom stereocenters. The van der Waals surface area contributed by atoms with Crippen molar-refractivity contribution in [2.45, 2.75) is 0 Å². The average Bonchev–Trinajstić information content (AvgIpc) is 3.66. The molecule has 0 aliphatic carbocycles. The molecule has 6 rings (SSSR count). The molecule has 0 spiro atoms. The average molecular weight is 545 g/mol. The number of nitro groups is 2. The summed E-state index contributed by atoms with van der Waals surface area (Å²) in [6.45, 7) is 0. The fraction of sp³-hybridized carbons (Fsp3) is 0. The summed E-state index contributed by atoms with van der Waals surface area (Å²) in [7, 11) is 0. The molecule has 0 aliphatic rings. The van der Waals surface area contributed by atoms with E-state index in [1.54, 1.807) is 12.1 Å². The Bertz CT molecular complexity index is 1790. The normalized spacial score (nSPS) is 11.2. The Morgan fingerprint density at radius 1 is 0.676 bits per heavy atom. The van der Waals surface area contributed by atoms with Crippen LogP contribution in [-0.4, -0.2) is 9.85 Å². The van der Waals surface area contributed by atoms with Gasteiger partial charge in [-0.25, -0.2) is 0 Å². The zero-order valence-electron chi connectivity index (χ0n) is 18.9. The van der Waals surface area contributed by atoms with Crippen molar-refractivity contribution >= 4 is 86.2 Å². The summed E-state index contributed by atoms with van der Waals surface area (Å²) < 4.78 is 0. The second kappa shape index (κ2) is 8.96. The lowest BCUT2D eigenvalue weighted by Crippen LogP contribution is -2.06. The monoisotopic (exact) mass is 544 g/mol. The molecule has 0 atom stereocenters. The van der Waals surface area contributed by atoms with Gasteiger partial charge in [0, 0.05) is 28.3 Å². The van der Waals surface area contributed by atoms with Crippen LogP contribution in [0.25, 0.3) is 32.0 Å². The summed E-state index contributed by atoms with van der Waals surface area (Å²) in [4.78, 5) is 24.8. The minimum atomic E-state index is -0.435. The largest absolute Gasteiger partial charge is 0.391 e. The van der Waals surface area contributed by atoms with Gasteiger partial charge >= 0.3 is 10.0 Å². The van der Waals surface area contributed by atoms with E-state index in [0.717, 1.165) is 65.3 Å². The van der Waals surface area contributed by atoms with Crippen molar-refractivity contribution < 1.29 is 9.85 Å². The van der Waals surface area contributed by atoms with Gasteiger partial charge in [-0.05, 0) is 86.7 Å². The van der Waals surface area contributed by atoms with Gasteiger partial charge in [-0.15, -0.1) is 11.3 Å². The third-order valence-electron chi connectivity index (χ3n) is 5.95. The lowest BCUT2D eigenvalue weighted by molar-refractivity contribution is -0.380. The van der Waals surface area contributed by atoms with E-state index >= 15 is 0 Å². The van der Waals surface area contributed by atoms with E-state index in [4.69, 9.17) is 5.73 Å². The Hall–Kier alpha value is -4.32. The van der Waals surface area contributed by atoms with Crippen molar-refractivity contribution in [1.82, 2.24) is 0 Å². The molecule has 182 valence electrons. The fourth-order valence-corrected chi connectivity index (χ4v) is 6.94. The Morgan fingerprint density at radius 3 is 1.89 bits per heavy atom. The number of nitrogen functional groups attached to an aromatic ring is 1. The van der Waals surface area contributed by atoms with E-state index in [0.29, 0.717) is 10.0 Å². The summed E-state index contributed by atoms with van der Waals surface area (Å²) in [5.41, 5.74) is 7.85. The molecule has 0 aliphatic heterocycles. The molecule has 3 aromatic carbocycles. The predicted octanol–water partition coefficient (Wildman–Crippen LogP) is 8.71. The van der Waals surface area contributed by atoms with E-state index in [9.17, 15) is 20.2 Å². The number of fused-ring (bicyclic) bond motifs is 3. The van der Waals surface area contributed by atoms with E-state index in [1.165, 1.54) is 23.5 Å². The Labute approximate surface area is 221 Å². The number of benzene rings is 3. The second-order valence-corrected chi connectivity index (χ2v) is 11.3. The van der Waals surface area contributed by atoms with E-state index < -0.39 is 9.85 Å². The highest BCUT2D eigenvalue weighted by Crippen LogP contribution is 2.47. The van der Waals surface area contributed by atoms with Gasteiger partial charge in [-0.2, -0.15) is 0 Å². The number of hydrogen-bond donors (Lipinski definition) is 1. The Morgan fingerprint density at radius 2 is 1.32 bits per heavy atom. The number of hydrogen-bond acceptors (Lipinski definition) is 9. The van der Waals surface area contributed by atoms with Crippen LogP contribution in [0.15, 0.2) is 84.9 Å². The first-order valence-corrected chi connectivity index (χ1v) is 13.4. The number of anilines is 4. The number of rotatable bonds is 6. The maximum atomic E-state index is 11.4. The van der Waals surface area contributed by atoms with E-state index in [-0.39, 0.29) is 10.0 Å². The zero-order chi connectivity index (χ0) is 25.7. The standard InChI is InChI=1S/C26H16N4O4S3/c27-22-8-7-21(35-22)20-13-15-5-6-16(14-19(15)17-3-1-2-4-18(17)20)28(23-9-11-25(36-23)29(31)32)24-10-12-26(37-24)30(33)34/h1-14H,27H2. The summed E-state index contributed by atoms with van der Waals surface area (Å²) in [5, 5.41) is 28.9. The first-order valence-electron chi connectivity index (χ1n) is 11.0. The van der Waals surface area contributed by atoms with Gasteiger partial charge in [0.15, 0.2) is 0 Å². The molecular weight excluding hydrogens is 529 g/mol. The van der Waals surface area contributed by atoms with Gasteiger partial charge in [0.25, 0.3) is 0 Å². The Kier molecular flexibility index (Phi) is 5.60. The molecule has 0 radical (unpaired) electrons. The van der Waals surface area contributed by atoms with Crippen LogP contribution in [0.5, 0.6) is 0 Å². The molecule has 37 heavy (non-hydrogen) atoms. The van der Waals surface area contributed by atoms with Crippen molar-refractivity contribution in [3.63, 3.8) is 0 Å². The maximum absolute atomic E-state index is 11.4. The van der Waals surface area contributed by atoms with E-state index in [1.807, 2.05) is 47.4 Å². The maximum Gasteiger partial charge on any atom is 0.326 e. The molecule has 0 saturated heterocycles. The third kappa shape index (κ3) is 4.08. The van der Waals surface area contributed by atoms with Crippen molar-refractivity contribution in [3.05, 3.63) is 105 Å². The van der Waals surface area contributed by atoms with Crippen molar-refractivity contribution in [2.24, 2.45) is 0 Å². The summed E-state index contributed by atoms with van der Waals surface area (Å²) in [6, 6.07) is 26.4. The number of thiophene rings is 3. The van der Waals surface area contributed by atoms with Crippen molar-refractivity contribution in [2.75, 3.05) is 10.6 Å². The predicted molar refractivity (Wildman–Crippen MR) is 153 cm³/mol. The van der Waals surface area contributed by atoms with Crippen LogP contribution in [0.1, 0.15) is 0 Å². The smallest absolute Gasteiger partial charge is 0.326 e. The number of nitrogens with two attached hydrogens (primary N) is 1. The summed E-state index contributed by atoms with van der Waals surface area (Å²) in [5.74, 6) is 0. The summed E-state index contributed by atoms with van der Waals surface area (Å²) >= 11 is 3.58. The molecule has 3 aromatic heterocycles. The quantitative estimate of drug-likeness (QED) is 0.127. The topological polar surface area (TPSA) is 116 Å². The van der Waals surface area contributed by atoms with Gasteiger partial charge in [-0.3, -0.25) is 25.1 Å². The van der Waals surface area contributed by atoms with Crippen LogP contribution in [0, 0.1) is 20.2 Å². The van der Waals surface area contributed by atoms with Crippen LogP contribution < -0.4 is 10.6 Å². The highest BCUT2D eigenvalue weighted by atomic mass is 32.1. The molecule has 3 heterocycles. The van der Waals surface area contributed by atoms with Crippen molar-refractivity contribution in [3.8, 4) is 10.4 Å². The van der Waals surface area contributed by atoms with Crippen LogP contribution in [-0.2, 0) is 0 Å². The van der Waals surface area contributed by atoms with Gasteiger partial charge < -0.3 is 5.73 Å². The summed E-state index contributed by atoms with van der Waals surface area (Å²) in [6.07, 6.45) is 0. The fourth-order valence-electron chi connectivity index (χ4n) is 4.37. The molecule has 11 heteroatoms. The number of nitrogens with zero attached hydrogens (tertiary/aromatic N) is 3. The van der Waals surface area contributed by atoms with Crippen LogP contribution >= 0.6 is 34.0 Å². The molecule has 0 saturated carbocycles. The zero-order valence-corrected chi connectivity index (χ0v) is 21.3. The first-order chi connectivity index (χ1) is 17.9. The van der Waals surface area contributed by atoms with Gasteiger partial charge in [0.2, 0.25) is 0 Å². The highest BCUT2D eigenvalue weighted by Gasteiger charge is 2.23. The Balaban J connectivity index is 1.57. The van der Waals surface area contributed by atoms with Crippen LogP contribution in [0.3, 0.4) is 0 Å². The van der Waals surface area contributed by atoms with Gasteiger partial charge in [0.05, 0.1) is 14.8 Å². The SMILES string of the molecule is Nc1ccc(-c2cc3ccc(N(c4ccc([N+](=O)[O-])s4)c4ccc([N+](=O)[O-])s4)cc3c3ccccc23)s1. The second-order valence-electron chi connectivity index (χ2n) is 8.15. The van der Waals surface area contributed by atoms with Crippen molar-refractivity contribution in [1.29, 1.82) is 0 Å². The molecule has 6 aromatic rings. The molecule has 0 bridgehead atoms. The first kappa shape index (κ1) is 23.1.